The minimum Gasteiger partial charge on any atom is -0.497 e. The molecule has 2 aromatic rings. The van der Waals surface area contributed by atoms with Crippen LogP contribution in [0.15, 0.2) is 42.5 Å². The van der Waals surface area contributed by atoms with E-state index in [0.29, 0.717) is 19.5 Å². The highest BCUT2D eigenvalue weighted by atomic mass is 16.5. The maximum atomic E-state index is 12.2. The first-order valence-corrected chi connectivity index (χ1v) is 9.16. The molecule has 6 heteroatoms. The number of ether oxygens (including phenoxy) is 1. The van der Waals surface area contributed by atoms with Crippen LogP contribution in [-0.4, -0.2) is 30.5 Å². The quantitative estimate of drug-likeness (QED) is 0.852. The van der Waals surface area contributed by atoms with Gasteiger partial charge in [0.25, 0.3) is 0 Å². The number of hydrogen-bond acceptors (Lipinski definition) is 3. The Morgan fingerprint density at radius 1 is 1.11 bits per heavy atom. The summed E-state index contributed by atoms with van der Waals surface area (Å²) in [4.78, 5) is 26.0. The molecule has 0 saturated carbocycles. The van der Waals surface area contributed by atoms with Crippen molar-refractivity contribution in [1.29, 1.82) is 0 Å². The molecule has 0 bridgehead atoms. The van der Waals surface area contributed by atoms with Crippen molar-refractivity contribution in [3.63, 3.8) is 0 Å². The molecule has 6 nitrogen and oxygen atoms in total. The summed E-state index contributed by atoms with van der Waals surface area (Å²) in [5.74, 6) is 0.948. The highest BCUT2D eigenvalue weighted by molar-refractivity contribution is 5.89. The molecule has 0 atom stereocenters. The first-order valence-electron chi connectivity index (χ1n) is 9.16. The Hall–Kier alpha value is -3.02. The van der Waals surface area contributed by atoms with Gasteiger partial charge in [0.15, 0.2) is 0 Å². The van der Waals surface area contributed by atoms with Crippen molar-refractivity contribution < 1.29 is 14.3 Å². The van der Waals surface area contributed by atoms with E-state index in [4.69, 9.17) is 4.74 Å². The molecule has 0 radical (unpaired) electrons. The molecule has 1 heterocycles. The molecule has 27 heavy (non-hydrogen) atoms. The Kier molecular flexibility index (Phi) is 5.96. The second-order valence-electron chi connectivity index (χ2n) is 6.56. The molecule has 3 rings (SSSR count). The number of carbonyl (C=O) groups excluding carboxylic acids is 2. The van der Waals surface area contributed by atoms with E-state index in [0.717, 1.165) is 35.5 Å². The summed E-state index contributed by atoms with van der Waals surface area (Å²) in [6.07, 6.45) is 1.37. The van der Waals surface area contributed by atoms with E-state index in [2.05, 4.69) is 10.6 Å². The van der Waals surface area contributed by atoms with Gasteiger partial charge in [0.05, 0.1) is 7.11 Å². The lowest BCUT2D eigenvalue weighted by Gasteiger charge is -2.29. The monoisotopic (exact) mass is 367 g/mol. The fraction of sp³-hybridized carbons (Fsp3) is 0.333. The van der Waals surface area contributed by atoms with Gasteiger partial charge in [0, 0.05) is 31.7 Å². The number of carbonyl (C=O) groups is 2. The summed E-state index contributed by atoms with van der Waals surface area (Å²) in [7, 11) is 1.62. The van der Waals surface area contributed by atoms with Crippen LogP contribution in [0.2, 0.25) is 0 Å². The third-order valence-electron chi connectivity index (χ3n) is 4.74. The van der Waals surface area contributed by atoms with Gasteiger partial charge >= 0.3 is 6.03 Å². The van der Waals surface area contributed by atoms with Gasteiger partial charge < -0.3 is 20.3 Å². The number of nitrogens with zero attached hydrogens (tertiary/aromatic N) is 1. The lowest BCUT2D eigenvalue weighted by atomic mass is 9.99. The summed E-state index contributed by atoms with van der Waals surface area (Å²) in [5, 5.41) is 5.71. The molecule has 0 aromatic heterocycles. The molecule has 142 valence electrons. The van der Waals surface area contributed by atoms with E-state index in [1.54, 1.807) is 7.11 Å². The largest absolute Gasteiger partial charge is 0.497 e. The Labute approximate surface area is 159 Å². The molecule has 1 aliphatic heterocycles. The number of methoxy groups -OCH3 is 1. The maximum absolute atomic E-state index is 12.2. The van der Waals surface area contributed by atoms with E-state index in [1.807, 2.05) is 54.3 Å². The molecular weight excluding hydrogens is 342 g/mol. The second kappa shape index (κ2) is 8.58. The molecule has 0 spiro atoms. The van der Waals surface area contributed by atoms with Crippen molar-refractivity contribution in [3.8, 4) is 5.75 Å². The predicted octanol–water partition coefficient (Wildman–Crippen LogP) is 3.31. The van der Waals surface area contributed by atoms with Crippen LogP contribution in [0.4, 0.5) is 10.5 Å². The third kappa shape index (κ3) is 4.78. The van der Waals surface area contributed by atoms with Crippen LogP contribution in [0.25, 0.3) is 0 Å². The van der Waals surface area contributed by atoms with Crippen LogP contribution in [0.1, 0.15) is 30.0 Å². The number of amides is 3. The number of nitrogens with one attached hydrogen (secondary N) is 2. The average molecular weight is 367 g/mol. The van der Waals surface area contributed by atoms with Gasteiger partial charge in [-0.25, -0.2) is 4.79 Å². The van der Waals surface area contributed by atoms with Crippen molar-refractivity contribution in [2.45, 2.75) is 32.9 Å². The molecule has 0 saturated heterocycles. The minimum absolute atomic E-state index is 0.163. The summed E-state index contributed by atoms with van der Waals surface area (Å²) >= 11 is 0. The Bertz CT molecular complexity index is 818. The lowest BCUT2D eigenvalue weighted by molar-refractivity contribution is -0.131. The van der Waals surface area contributed by atoms with Crippen molar-refractivity contribution in [2.24, 2.45) is 0 Å². The molecule has 2 aromatic carbocycles. The lowest BCUT2D eigenvalue weighted by Crippen LogP contribution is -2.35. The highest BCUT2D eigenvalue weighted by Crippen LogP contribution is 2.23. The van der Waals surface area contributed by atoms with Crippen LogP contribution >= 0.6 is 0 Å². The molecule has 0 unspecified atom stereocenters. The SMILES string of the molecule is CCC(=O)N1CCc2ccc(NC(=O)NCc3ccc(OC)cc3)cc2C1. The summed E-state index contributed by atoms with van der Waals surface area (Å²) < 4.78 is 5.12. The van der Waals surface area contributed by atoms with Gasteiger partial charge in [-0.2, -0.15) is 0 Å². The topological polar surface area (TPSA) is 70.7 Å². The number of hydrogen-bond donors (Lipinski definition) is 2. The zero-order valence-corrected chi connectivity index (χ0v) is 15.7. The van der Waals surface area contributed by atoms with Gasteiger partial charge in [-0.15, -0.1) is 0 Å². The van der Waals surface area contributed by atoms with Crippen LogP contribution in [0, 0.1) is 0 Å². The molecule has 1 aliphatic rings. The highest BCUT2D eigenvalue weighted by Gasteiger charge is 2.19. The Morgan fingerprint density at radius 2 is 1.89 bits per heavy atom. The molecule has 3 amide bonds. The molecular formula is C21H25N3O3. The Balaban J connectivity index is 1.57. The van der Waals surface area contributed by atoms with Crippen LogP contribution in [-0.2, 0) is 24.3 Å². The van der Waals surface area contributed by atoms with Gasteiger partial charge in [0.2, 0.25) is 5.91 Å². The zero-order chi connectivity index (χ0) is 19.2. The van der Waals surface area contributed by atoms with Crippen molar-refractivity contribution in [3.05, 3.63) is 59.2 Å². The van der Waals surface area contributed by atoms with E-state index in [1.165, 1.54) is 5.56 Å². The van der Waals surface area contributed by atoms with Gasteiger partial charge in [-0.3, -0.25) is 4.79 Å². The third-order valence-corrected chi connectivity index (χ3v) is 4.74. The number of rotatable bonds is 5. The van der Waals surface area contributed by atoms with Crippen LogP contribution < -0.4 is 15.4 Å². The van der Waals surface area contributed by atoms with Gasteiger partial charge in [0.1, 0.15) is 5.75 Å². The number of urea groups is 1. The van der Waals surface area contributed by atoms with E-state index < -0.39 is 0 Å². The minimum atomic E-state index is -0.261. The fourth-order valence-corrected chi connectivity index (χ4v) is 3.17. The van der Waals surface area contributed by atoms with Gasteiger partial charge in [-0.05, 0) is 47.4 Å². The van der Waals surface area contributed by atoms with E-state index in [-0.39, 0.29) is 11.9 Å². The van der Waals surface area contributed by atoms with Crippen molar-refractivity contribution >= 4 is 17.6 Å². The number of benzene rings is 2. The summed E-state index contributed by atoms with van der Waals surface area (Å²) in [6.45, 7) is 3.67. The smallest absolute Gasteiger partial charge is 0.319 e. The maximum Gasteiger partial charge on any atom is 0.319 e. The van der Waals surface area contributed by atoms with Crippen LogP contribution in [0.3, 0.4) is 0 Å². The molecule has 0 fully saturated rings. The fourth-order valence-electron chi connectivity index (χ4n) is 3.17. The summed E-state index contributed by atoms with van der Waals surface area (Å²) in [6, 6.07) is 13.2. The standard InChI is InChI=1S/C21H25N3O3/c1-3-20(25)24-11-10-16-6-7-18(12-17(16)14-24)23-21(26)22-13-15-4-8-19(27-2)9-5-15/h4-9,12H,3,10-11,13-14H2,1-2H3,(H2,22,23,26). The summed E-state index contributed by atoms with van der Waals surface area (Å²) in [5.41, 5.74) is 4.05. The van der Waals surface area contributed by atoms with Crippen molar-refractivity contribution in [1.82, 2.24) is 10.2 Å². The number of anilines is 1. The zero-order valence-electron chi connectivity index (χ0n) is 15.7. The second-order valence-corrected chi connectivity index (χ2v) is 6.56. The average Bonchev–Trinajstić information content (AvgIpc) is 2.71. The molecule has 0 aliphatic carbocycles. The Morgan fingerprint density at radius 3 is 2.59 bits per heavy atom. The van der Waals surface area contributed by atoms with Crippen molar-refractivity contribution in [2.75, 3.05) is 19.0 Å². The molecule has 2 N–H and O–H groups in total. The first kappa shape index (κ1) is 18.8. The predicted molar refractivity (Wildman–Crippen MR) is 105 cm³/mol. The van der Waals surface area contributed by atoms with Crippen LogP contribution in [0.5, 0.6) is 5.75 Å². The normalized spacial score (nSPS) is 12.9. The van der Waals surface area contributed by atoms with E-state index >= 15 is 0 Å². The number of fused-ring (bicyclic) bond motifs is 1. The first-order chi connectivity index (χ1) is 13.1. The van der Waals surface area contributed by atoms with E-state index in [9.17, 15) is 9.59 Å². The van der Waals surface area contributed by atoms with Gasteiger partial charge in [-0.1, -0.05) is 25.1 Å².